The van der Waals surface area contributed by atoms with Gasteiger partial charge in [0.1, 0.15) is 0 Å². The number of nitrogens with two attached hydrogens (primary N) is 1. The zero-order chi connectivity index (χ0) is 14.7. The Morgan fingerprint density at radius 3 is 2.81 bits per heavy atom. The molecule has 3 unspecified atom stereocenters. The van der Waals surface area contributed by atoms with E-state index >= 15 is 0 Å². The summed E-state index contributed by atoms with van der Waals surface area (Å²) in [7, 11) is 0. The maximum atomic E-state index is 6.20. The van der Waals surface area contributed by atoms with Crippen molar-refractivity contribution in [2.45, 2.75) is 29.9 Å². The molecule has 1 fully saturated rings. The molecule has 112 valence electrons. The second-order valence-corrected chi connectivity index (χ2v) is 7.87. The topological polar surface area (TPSA) is 64.9 Å². The van der Waals surface area contributed by atoms with Gasteiger partial charge in [-0.15, -0.1) is 11.8 Å². The molecule has 1 aromatic carbocycles. The van der Waals surface area contributed by atoms with Crippen LogP contribution in [-0.4, -0.2) is 26.9 Å². The Morgan fingerprint density at radius 2 is 2.05 bits per heavy atom. The number of benzene rings is 1. The lowest BCUT2D eigenvalue weighted by molar-refractivity contribution is 0.364. The Kier molecular flexibility index (Phi) is 4.87. The standard InChI is InChI=1S/C15H19N3OS2/c1-10-14(21-8-7-20-10)15-17-13(19-18-15)9-12(16)11-5-3-2-4-6-11/h2-6,10,12,14H,7-9,16H2,1H3. The molecule has 4 nitrogen and oxygen atoms in total. The number of nitrogens with zero attached hydrogens (tertiary/aromatic N) is 2. The fourth-order valence-corrected chi connectivity index (χ4v) is 5.07. The van der Waals surface area contributed by atoms with Crippen LogP contribution < -0.4 is 5.73 Å². The van der Waals surface area contributed by atoms with E-state index in [4.69, 9.17) is 10.3 Å². The molecule has 0 aliphatic carbocycles. The molecule has 1 aliphatic heterocycles. The minimum absolute atomic E-state index is 0.106. The second kappa shape index (κ2) is 6.85. The van der Waals surface area contributed by atoms with Crippen molar-refractivity contribution in [3.05, 3.63) is 47.6 Å². The van der Waals surface area contributed by atoms with Gasteiger partial charge < -0.3 is 10.3 Å². The lowest BCUT2D eigenvalue weighted by Crippen LogP contribution is -2.17. The molecule has 3 atom stereocenters. The van der Waals surface area contributed by atoms with E-state index in [1.54, 1.807) is 0 Å². The zero-order valence-electron chi connectivity index (χ0n) is 11.9. The van der Waals surface area contributed by atoms with E-state index in [2.05, 4.69) is 17.1 Å². The number of thioether (sulfide) groups is 2. The summed E-state index contributed by atoms with van der Waals surface area (Å²) in [5, 5.41) is 5.01. The van der Waals surface area contributed by atoms with E-state index < -0.39 is 0 Å². The smallest absolute Gasteiger partial charge is 0.228 e. The molecule has 0 spiro atoms. The Hall–Kier alpha value is -0.980. The van der Waals surface area contributed by atoms with E-state index in [1.807, 2.05) is 53.9 Å². The third-order valence-electron chi connectivity index (χ3n) is 3.55. The van der Waals surface area contributed by atoms with Crippen LogP contribution in [0.15, 0.2) is 34.9 Å². The fourth-order valence-electron chi connectivity index (χ4n) is 2.39. The first-order valence-corrected chi connectivity index (χ1v) is 9.20. The Labute approximate surface area is 133 Å². The van der Waals surface area contributed by atoms with Gasteiger partial charge >= 0.3 is 0 Å². The van der Waals surface area contributed by atoms with E-state index in [0.29, 0.717) is 22.8 Å². The summed E-state index contributed by atoms with van der Waals surface area (Å²) in [4.78, 5) is 4.56. The van der Waals surface area contributed by atoms with Gasteiger partial charge in [0, 0.05) is 29.2 Å². The number of aromatic nitrogens is 2. The molecule has 0 amide bonds. The molecule has 6 heteroatoms. The minimum Gasteiger partial charge on any atom is -0.339 e. The third-order valence-corrected chi connectivity index (χ3v) is 6.63. The average Bonchev–Trinajstić information content (AvgIpc) is 2.97. The lowest BCUT2D eigenvalue weighted by Gasteiger charge is -2.24. The van der Waals surface area contributed by atoms with Crippen LogP contribution in [0.25, 0.3) is 0 Å². The minimum atomic E-state index is -0.106. The molecule has 1 aliphatic rings. The molecule has 21 heavy (non-hydrogen) atoms. The van der Waals surface area contributed by atoms with Gasteiger partial charge in [-0.3, -0.25) is 0 Å². The highest BCUT2D eigenvalue weighted by Crippen LogP contribution is 2.41. The van der Waals surface area contributed by atoms with Crippen LogP contribution in [-0.2, 0) is 6.42 Å². The van der Waals surface area contributed by atoms with Crippen molar-refractivity contribution in [2.24, 2.45) is 5.73 Å². The highest BCUT2D eigenvalue weighted by Gasteiger charge is 2.28. The molecule has 1 saturated heterocycles. The van der Waals surface area contributed by atoms with Crippen molar-refractivity contribution in [2.75, 3.05) is 11.5 Å². The molecule has 1 aromatic heterocycles. The highest BCUT2D eigenvalue weighted by molar-refractivity contribution is 8.06. The second-order valence-electron chi connectivity index (χ2n) is 5.13. The quantitative estimate of drug-likeness (QED) is 0.933. The van der Waals surface area contributed by atoms with Gasteiger partial charge in [0.15, 0.2) is 5.82 Å². The summed E-state index contributed by atoms with van der Waals surface area (Å²) in [6, 6.07) is 9.92. The van der Waals surface area contributed by atoms with E-state index in [0.717, 1.165) is 17.1 Å². The summed E-state index contributed by atoms with van der Waals surface area (Å²) in [6.07, 6.45) is 0.579. The molecule has 2 aromatic rings. The first kappa shape index (κ1) is 14.9. The molecule has 0 radical (unpaired) electrons. The molecule has 2 heterocycles. The van der Waals surface area contributed by atoms with E-state index in [1.165, 1.54) is 5.75 Å². The monoisotopic (exact) mass is 321 g/mol. The first-order chi connectivity index (χ1) is 10.2. The Balaban J connectivity index is 1.67. The van der Waals surface area contributed by atoms with Crippen LogP contribution in [0.2, 0.25) is 0 Å². The maximum absolute atomic E-state index is 6.20. The fraction of sp³-hybridized carbons (Fsp3) is 0.467. The van der Waals surface area contributed by atoms with Crippen molar-refractivity contribution >= 4 is 23.5 Å². The van der Waals surface area contributed by atoms with Crippen molar-refractivity contribution in [3.63, 3.8) is 0 Å². The summed E-state index contributed by atoms with van der Waals surface area (Å²) in [5.74, 6) is 3.79. The summed E-state index contributed by atoms with van der Waals surface area (Å²) in [6.45, 7) is 2.23. The van der Waals surface area contributed by atoms with Gasteiger partial charge in [0.25, 0.3) is 0 Å². The maximum Gasteiger partial charge on any atom is 0.228 e. The molecule has 0 bridgehead atoms. The van der Waals surface area contributed by atoms with Crippen molar-refractivity contribution < 1.29 is 4.52 Å². The van der Waals surface area contributed by atoms with Gasteiger partial charge in [-0.25, -0.2) is 0 Å². The van der Waals surface area contributed by atoms with Gasteiger partial charge in [-0.2, -0.15) is 16.7 Å². The van der Waals surface area contributed by atoms with Crippen LogP contribution in [0.5, 0.6) is 0 Å². The third kappa shape index (κ3) is 3.62. The number of hydrogen-bond acceptors (Lipinski definition) is 6. The molecule has 0 saturated carbocycles. The van der Waals surface area contributed by atoms with Gasteiger partial charge in [-0.1, -0.05) is 42.4 Å². The van der Waals surface area contributed by atoms with Crippen molar-refractivity contribution in [3.8, 4) is 0 Å². The normalized spacial score (nSPS) is 23.9. The van der Waals surface area contributed by atoms with Crippen LogP contribution in [0.1, 0.15) is 35.5 Å². The Morgan fingerprint density at radius 1 is 1.29 bits per heavy atom. The number of rotatable bonds is 4. The molecular formula is C15H19N3OS2. The Bertz CT molecular complexity index is 575. The summed E-state index contributed by atoms with van der Waals surface area (Å²) >= 11 is 3.89. The summed E-state index contributed by atoms with van der Waals surface area (Å²) < 4.78 is 5.39. The predicted octanol–water partition coefficient (Wildman–Crippen LogP) is 3.22. The van der Waals surface area contributed by atoms with Crippen LogP contribution in [0, 0.1) is 0 Å². The molecular weight excluding hydrogens is 302 g/mol. The van der Waals surface area contributed by atoms with Crippen LogP contribution >= 0.6 is 23.5 Å². The first-order valence-electron chi connectivity index (χ1n) is 7.10. The highest BCUT2D eigenvalue weighted by atomic mass is 32.2. The van der Waals surface area contributed by atoms with Gasteiger partial charge in [0.2, 0.25) is 5.89 Å². The van der Waals surface area contributed by atoms with Gasteiger partial charge in [0.05, 0.1) is 5.25 Å². The lowest BCUT2D eigenvalue weighted by atomic mass is 10.1. The van der Waals surface area contributed by atoms with Crippen molar-refractivity contribution in [1.29, 1.82) is 0 Å². The largest absolute Gasteiger partial charge is 0.339 e. The van der Waals surface area contributed by atoms with E-state index in [9.17, 15) is 0 Å². The average molecular weight is 321 g/mol. The van der Waals surface area contributed by atoms with Crippen LogP contribution in [0.4, 0.5) is 0 Å². The summed E-state index contributed by atoms with van der Waals surface area (Å²) in [5.41, 5.74) is 7.30. The SMILES string of the molecule is CC1SCCSC1c1noc(CC(N)c2ccccc2)n1. The van der Waals surface area contributed by atoms with Gasteiger partial charge in [-0.05, 0) is 5.56 Å². The molecule has 2 N–H and O–H groups in total. The molecule has 3 rings (SSSR count). The zero-order valence-corrected chi connectivity index (χ0v) is 13.6. The predicted molar refractivity (Wildman–Crippen MR) is 88.5 cm³/mol. The van der Waals surface area contributed by atoms with Crippen molar-refractivity contribution in [1.82, 2.24) is 10.1 Å². The van der Waals surface area contributed by atoms with E-state index in [-0.39, 0.29) is 6.04 Å². The number of hydrogen-bond donors (Lipinski definition) is 1. The van der Waals surface area contributed by atoms with Crippen LogP contribution in [0.3, 0.4) is 0 Å².